The molecule has 132 valence electrons. The fourth-order valence-corrected chi connectivity index (χ4v) is 3.28. The molecule has 0 radical (unpaired) electrons. The van der Waals surface area contributed by atoms with Crippen molar-refractivity contribution in [3.8, 4) is 0 Å². The lowest BCUT2D eigenvalue weighted by Gasteiger charge is -2.23. The van der Waals surface area contributed by atoms with Gasteiger partial charge in [0.05, 0.1) is 4.08 Å². The molecule has 0 aliphatic rings. The maximum Gasteiger partial charge on any atom is 0.0814 e. The van der Waals surface area contributed by atoms with E-state index in [1.165, 1.54) is 51.4 Å². The number of halogens is 1. The highest BCUT2D eigenvalue weighted by Crippen LogP contribution is 2.36. The van der Waals surface area contributed by atoms with Crippen LogP contribution < -0.4 is 5.32 Å². The highest BCUT2D eigenvalue weighted by atomic mass is 35.5. The van der Waals surface area contributed by atoms with Crippen LogP contribution in [0, 0.1) is 0 Å². The molecular formula is C19H32ClNS2. The molecule has 23 heavy (non-hydrogen) atoms. The standard InChI is InChI=1S/C19H32ClNS2/c1-2-3-4-5-6-7-8-9-15-21-16-14-19(22,23)17-10-12-18(20)13-11-17/h10-13,21-23H,2-9,14-16H2,1H3. The Kier molecular flexibility index (Phi) is 11.5. The zero-order valence-electron chi connectivity index (χ0n) is 14.4. The third-order valence-corrected chi connectivity index (χ3v) is 5.38. The van der Waals surface area contributed by atoms with Gasteiger partial charge in [-0.2, -0.15) is 25.3 Å². The number of benzene rings is 1. The lowest BCUT2D eigenvalue weighted by atomic mass is 10.1. The average Bonchev–Trinajstić information content (AvgIpc) is 2.53. The van der Waals surface area contributed by atoms with Crippen molar-refractivity contribution in [3.63, 3.8) is 0 Å². The van der Waals surface area contributed by atoms with Crippen LogP contribution in [-0.4, -0.2) is 13.1 Å². The minimum atomic E-state index is -0.406. The fraction of sp³-hybridized carbons (Fsp3) is 0.684. The maximum absolute atomic E-state index is 5.92. The Bertz CT molecular complexity index is 406. The molecule has 1 aromatic rings. The number of hydrogen-bond donors (Lipinski definition) is 3. The van der Waals surface area contributed by atoms with Crippen LogP contribution in [0.3, 0.4) is 0 Å². The first-order valence-corrected chi connectivity index (χ1v) is 10.2. The van der Waals surface area contributed by atoms with Crippen LogP contribution in [0.1, 0.15) is 70.3 Å². The summed E-state index contributed by atoms with van der Waals surface area (Å²) in [7, 11) is 0. The minimum Gasteiger partial charge on any atom is -0.317 e. The number of thiol groups is 2. The largest absolute Gasteiger partial charge is 0.317 e. The maximum atomic E-state index is 5.92. The van der Waals surface area contributed by atoms with Crippen LogP contribution in [0.25, 0.3) is 0 Å². The second-order valence-electron chi connectivity index (χ2n) is 6.30. The first kappa shape index (κ1) is 21.2. The fourth-order valence-electron chi connectivity index (χ4n) is 2.63. The third kappa shape index (κ3) is 9.91. The van der Waals surface area contributed by atoms with E-state index in [0.717, 1.165) is 30.1 Å². The number of hydrogen-bond acceptors (Lipinski definition) is 3. The third-order valence-electron chi connectivity index (χ3n) is 4.16. The Labute approximate surface area is 158 Å². The van der Waals surface area contributed by atoms with Crippen molar-refractivity contribution >= 4 is 36.9 Å². The highest BCUT2D eigenvalue weighted by Gasteiger charge is 2.22. The normalized spacial score (nSPS) is 11.8. The summed E-state index contributed by atoms with van der Waals surface area (Å²) >= 11 is 15.3. The van der Waals surface area contributed by atoms with Crippen molar-refractivity contribution in [3.05, 3.63) is 34.9 Å². The van der Waals surface area contributed by atoms with Crippen LogP contribution in [-0.2, 0) is 4.08 Å². The van der Waals surface area contributed by atoms with E-state index in [0.29, 0.717) is 0 Å². The summed E-state index contributed by atoms with van der Waals surface area (Å²) in [5.74, 6) is 0. The van der Waals surface area contributed by atoms with Gasteiger partial charge in [-0.05, 0) is 43.6 Å². The lowest BCUT2D eigenvalue weighted by molar-refractivity contribution is 0.547. The Morgan fingerprint density at radius 1 is 0.870 bits per heavy atom. The summed E-state index contributed by atoms with van der Waals surface area (Å²) in [5.41, 5.74) is 1.10. The first-order chi connectivity index (χ1) is 11.1. The van der Waals surface area contributed by atoms with E-state index >= 15 is 0 Å². The molecule has 0 amide bonds. The van der Waals surface area contributed by atoms with Crippen molar-refractivity contribution < 1.29 is 0 Å². The molecule has 0 unspecified atom stereocenters. The van der Waals surface area contributed by atoms with Crippen LogP contribution in [0.4, 0.5) is 0 Å². The van der Waals surface area contributed by atoms with E-state index in [9.17, 15) is 0 Å². The van der Waals surface area contributed by atoms with Gasteiger partial charge in [-0.1, -0.05) is 75.6 Å². The quantitative estimate of drug-likeness (QED) is 0.204. The Morgan fingerprint density at radius 2 is 1.43 bits per heavy atom. The molecule has 0 aliphatic heterocycles. The number of nitrogens with one attached hydrogen (secondary N) is 1. The van der Waals surface area contributed by atoms with Gasteiger partial charge >= 0.3 is 0 Å². The molecule has 0 atom stereocenters. The molecule has 1 aromatic carbocycles. The highest BCUT2D eigenvalue weighted by molar-refractivity contribution is 7.99. The second-order valence-corrected chi connectivity index (χ2v) is 8.61. The molecular weight excluding hydrogens is 342 g/mol. The van der Waals surface area contributed by atoms with Gasteiger partial charge in [-0.25, -0.2) is 0 Å². The molecule has 0 fully saturated rings. The molecule has 1 rings (SSSR count). The smallest absolute Gasteiger partial charge is 0.0814 e. The number of unbranched alkanes of at least 4 members (excludes halogenated alkanes) is 7. The van der Waals surface area contributed by atoms with E-state index in [2.05, 4.69) is 12.2 Å². The molecule has 0 saturated carbocycles. The zero-order chi connectivity index (χ0) is 17.0. The van der Waals surface area contributed by atoms with Crippen molar-refractivity contribution in [2.45, 2.75) is 68.8 Å². The lowest BCUT2D eigenvalue weighted by Crippen LogP contribution is -2.23. The van der Waals surface area contributed by atoms with E-state index in [-0.39, 0.29) is 0 Å². The predicted octanol–water partition coefficient (Wildman–Crippen LogP) is 6.47. The summed E-state index contributed by atoms with van der Waals surface area (Å²) in [6, 6.07) is 7.79. The Balaban J connectivity index is 2.02. The van der Waals surface area contributed by atoms with Gasteiger partial charge in [0, 0.05) is 5.02 Å². The molecule has 4 heteroatoms. The van der Waals surface area contributed by atoms with Gasteiger partial charge in [0.15, 0.2) is 0 Å². The van der Waals surface area contributed by atoms with Crippen LogP contribution in [0.2, 0.25) is 5.02 Å². The van der Waals surface area contributed by atoms with E-state index in [4.69, 9.17) is 36.9 Å². The summed E-state index contributed by atoms with van der Waals surface area (Å²) < 4.78 is -0.406. The SMILES string of the molecule is CCCCCCCCCCNCCC(S)(S)c1ccc(Cl)cc1. The Morgan fingerprint density at radius 3 is 2.04 bits per heavy atom. The predicted molar refractivity (Wildman–Crippen MR) is 111 cm³/mol. The molecule has 0 saturated heterocycles. The van der Waals surface area contributed by atoms with Gasteiger partial charge in [-0.15, -0.1) is 0 Å². The van der Waals surface area contributed by atoms with Gasteiger partial charge in [0.2, 0.25) is 0 Å². The second kappa shape index (κ2) is 12.5. The van der Waals surface area contributed by atoms with Gasteiger partial charge < -0.3 is 5.32 Å². The van der Waals surface area contributed by atoms with Gasteiger partial charge in [0.25, 0.3) is 0 Å². The summed E-state index contributed by atoms with van der Waals surface area (Å²) in [6.07, 6.45) is 11.8. The van der Waals surface area contributed by atoms with Gasteiger partial charge in [0.1, 0.15) is 0 Å². The monoisotopic (exact) mass is 373 g/mol. The molecule has 1 nitrogen and oxygen atoms in total. The Hall–Kier alpha value is 0.170. The van der Waals surface area contributed by atoms with Crippen molar-refractivity contribution in [1.82, 2.24) is 5.32 Å². The summed E-state index contributed by atoms with van der Waals surface area (Å²) in [6.45, 7) is 4.29. The zero-order valence-corrected chi connectivity index (χ0v) is 16.9. The van der Waals surface area contributed by atoms with Crippen molar-refractivity contribution in [1.29, 1.82) is 0 Å². The first-order valence-electron chi connectivity index (χ1n) is 8.98. The van der Waals surface area contributed by atoms with Crippen molar-refractivity contribution in [2.24, 2.45) is 0 Å². The molecule has 0 spiro atoms. The molecule has 0 heterocycles. The van der Waals surface area contributed by atoms with E-state index < -0.39 is 4.08 Å². The number of rotatable bonds is 13. The van der Waals surface area contributed by atoms with Crippen molar-refractivity contribution in [2.75, 3.05) is 13.1 Å². The van der Waals surface area contributed by atoms with Crippen LogP contribution in [0.15, 0.2) is 24.3 Å². The van der Waals surface area contributed by atoms with Crippen LogP contribution >= 0.6 is 36.9 Å². The topological polar surface area (TPSA) is 12.0 Å². The molecule has 0 bridgehead atoms. The van der Waals surface area contributed by atoms with E-state index in [1.807, 2.05) is 24.3 Å². The van der Waals surface area contributed by atoms with Gasteiger partial charge in [-0.3, -0.25) is 0 Å². The summed E-state index contributed by atoms with van der Waals surface area (Å²) in [5, 5.41) is 4.26. The van der Waals surface area contributed by atoms with E-state index in [1.54, 1.807) is 0 Å². The molecule has 0 aliphatic carbocycles. The van der Waals surface area contributed by atoms with Crippen LogP contribution in [0.5, 0.6) is 0 Å². The molecule has 1 N–H and O–H groups in total. The minimum absolute atomic E-state index is 0.406. The average molecular weight is 374 g/mol. The summed E-state index contributed by atoms with van der Waals surface area (Å²) in [4.78, 5) is 0. The molecule has 0 aromatic heterocycles.